The fraction of sp³-hybridized carbons (Fsp3) is 0.765. The Balaban J connectivity index is 5.18. The number of rotatable bonds is 12. The number of aliphatic carboxylic acids is 1. The van der Waals surface area contributed by atoms with Crippen LogP contribution in [0.15, 0.2) is 0 Å². The lowest BCUT2D eigenvalue weighted by Crippen LogP contribution is -2.57. The molecule has 0 radical (unpaired) electrons. The van der Waals surface area contributed by atoms with Gasteiger partial charge < -0.3 is 31.9 Å². The first-order valence-electron chi connectivity index (χ1n) is 8.95. The van der Waals surface area contributed by atoms with Gasteiger partial charge in [0.15, 0.2) is 0 Å². The number of carboxylic acids is 1. The van der Waals surface area contributed by atoms with Gasteiger partial charge in [-0.15, -0.1) is 0 Å². The standard InChI is InChI=1S/C17H32N4O6/c1-9(2)5-11(15(24)21-12(17(26)27)6-10(3)4)20-16(25)13(8-22)19-14(23)7-18/h9-13,22H,5-8,18H2,1-4H3,(H,19,23)(H,20,25)(H,21,24)(H,26,27). The SMILES string of the molecule is CC(C)CC(NC(=O)C(CC(C)C)NC(=O)C(CO)NC(=O)CN)C(=O)O. The topological polar surface area (TPSA) is 171 Å². The second-order valence-electron chi connectivity index (χ2n) is 7.23. The summed E-state index contributed by atoms with van der Waals surface area (Å²) in [6, 6.07) is -3.33. The number of nitrogens with one attached hydrogen (secondary N) is 3. The third kappa shape index (κ3) is 9.90. The van der Waals surface area contributed by atoms with Crippen LogP contribution in [0.2, 0.25) is 0 Å². The lowest BCUT2D eigenvalue weighted by molar-refractivity contribution is -0.143. The number of amides is 3. The lowest BCUT2D eigenvalue weighted by Gasteiger charge is -2.25. The minimum atomic E-state index is -1.26. The summed E-state index contributed by atoms with van der Waals surface area (Å²) >= 11 is 0. The highest BCUT2D eigenvalue weighted by Gasteiger charge is 2.29. The fourth-order valence-electron chi connectivity index (χ4n) is 2.39. The minimum Gasteiger partial charge on any atom is -0.480 e. The lowest BCUT2D eigenvalue weighted by atomic mass is 10.0. The number of hydrogen-bond acceptors (Lipinski definition) is 6. The van der Waals surface area contributed by atoms with E-state index in [1.54, 1.807) is 0 Å². The Kier molecular flexibility index (Phi) is 11.2. The van der Waals surface area contributed by atoms with E-state index >= 15 is 0 Å². The van der Waals surface area contributed by atoms with Crippen molar-refractivity contribution >= 4 is 23.7 Å². The molecule has 0 saturated heterocycles. The Morgan fingerprint density at radius 1 is 0.815 bits per heavy atom. The summed E-state index contributed by atoms with van der Waals surface area (Å²) in [4.78, 5) is 47.5. The van der Waals surface area contributed by atoms with Gasteiger partial charge in [0, 0.05) is 0 Å². The van der Waals surface area contributed by atoms with Gasteiger partial charge in [-0.25, -0.2) is 4.79 Å². The number of carbonyl (C=O) groups is 4. The van der Waals surface area contributed by atoms with Crippen molar-refractivity contribution in [2.45, 2.75) is 58.7 Å². The van der Waals surface area contributed by atoms with Crippen molar-refractivity contribution in [1.82, 2.24) is 16.0 Å². The molecule has 0 aliphatic heterocycles. The number of carboxylic acid groups (broad SMARTS) is 1. The minimum absolute atomic E-state index is 0.0284. The molecule has 0 aromatic carbocycles. The maximum absolute atomic E-state index is 12.5. The Morgan fingerprint density at radius 2 is 1.26 bits per heavy atom. The molecule has 27 heavy (non-hydrogen) atoms. The van der Waals surface area contributed by atoms with Gasteiger partial charge in [0.1, 0.15) is 18.1 Å². The molecule has 10 heteroatoms. The third-order valence-corrected chi connectivity index (χ3v) is 3.68. The smallest absolute Gasteiger partial charge is 0.326 e. The van der Waals surface area contributed by atoms with Crippen molar-refractivity contribution in [3.63, 3.8) is 0 Å². The average molecular weight is 388 g/mol. The van der Waals surface area contributed by atoms with E-state index in [1.807, 2.05) is 27.7 Å². The number of nitrogens with two attached hydrogens (primary N) is 1. The van der Waals surface area contributed by atoms with Crippen LogP contribution >= 0.6 is 0 Å². The molecule has 0 saturated carbocycles. The molecule has 7 N–H and O–H groups in total. The molecular formula is C17H32N4O6. The van der Waals surface area contributed by atoms with E-state index < -0.39 is 48.4 Å². The zero-order valence-electron chi connectivity index (χ0n) is 16.3. The Morgan fingerprint density at radius 3 is 1.67 bits per heavy atom. The van der Waals surface area contributed by atoms with Crippen molar-refractivity contribution < 1.29 is 29.4 Å². The summed E-state index contributed by atoms with van der Waals surface area (Å²) in [5.41, 5.74) is 5.17. The molecule has 156 valence electrons. The van der Waals surface area contributed by atoms with Crippen molar-refractivity contribution in [2.75, 3.05) is 13.2 Å². The molecule has 3 unspecified atom stereocenters. The highest BCUT2D eigenvalue weighted by molar-refractivity contribution is 5.93. The van der Waals surface area contributed by atoms with Gasteiger partial charge >= 0.3 is 5.97 Å². The van der Waals surface area contributed by atoms with E-state index in [0.717, 1.165) is 0 Å². The summed E-state index contributed by atoms with van der Waals surface area (Å²) in [7, 11) is 0. The first kappa shape index (κ1) is 24.8. The van der Waals surface area contributed by atoms with Gasteiger partial charge in [-0.2, -0.15) is 0 Å². The molecule has 0 aromatic heterocycles. The zero-order valence-corrected chi connectivity index (χ0v) is 16.3. The quantitative estimate of drug-likeness (QED) is 0.238. The van der Waals surface area contributed by atoms with Gasteiger partial charge in [0.05, 0.1) is 13.2 Å². The van der Waals surface area contributed by atoms with E-state index in [-0.39, 0.29) is 31.2 Å². The summed E-state index contributed by atoms with van der Waals surface area (Å²) in [5.74, 6) is -3.09. The predicted molar refractivity (Wildman–Crippen MR) is 98.5 cm³/mol. The van der Waals surface area contributed by atoms with Crippen molar-refractivity contribution in [1.29, 1.82) is 0 Å². The molecule has 0 aliphatic rings. The summed E-state index contributed by atoms with van der Waals surface area (Å²) < 4.78 is 0. The summed E-state index contributed by atoms with van der Waals surface area (Å²) in [6.45, 7) is 6.33. The molecular weight excluding hydrogens is 356 g/mol. The predicted octanol–water partition coefficient (Wildman–Crippen LogP) is -1.43. The van der Waals surface area contributed by atoms with Crippen molar-refractivity contribution in [3.8, 4) is 0 Å². The van der Waals surface area contributed by atoms with Gasteiger partial charge in [-0.1, -0.05) is 27.7 Å². The van der Waals surface area contributed by atoms with Crippen LogP contribution in [-0.4, -0.2) is 65.2 Å². The maximum atomic E-state index is 12.5. The number of hydrogen-bond donors (Lipinski definition) is 6. The first-order chi connectivity index (χ1) is 12.5. The largest absolute Gasteiger partial charge is 0.480 e. The monoisotopic (exact) mass is 388 g/mol. The van der Waals surface area contributed by atoms with E-state index in [1.165, 1.54) is 0 Å². The third-order valence-electron chi connectivity index (χ3n) is 3.68. The van der Waals surface area contributed by atoms with Gasteiger partial charge in [-0.3, -0.25) is 14.4 Å². The van der Waals surface area contributed by atoms with Crippen molar-refractivity contribution in [3.05, 3.63) is 0 Å². The van der Waals surface area contributed by atoms with Crippen LogP contribution in [0.3, 0.4) is 0 Å². The van der Waals surface area contributed by atoms with Gasteiger partial charge in [-0.05, 0) is 24.7 Å². The molecule has 0 bridgehead atoms. The molecule has 3 atom stereocenters. The molecule has 0 aromatic rings. The van der Waals surface area contributed by atoms with Crippen LogP contribution in [0.5, 0.6) is 0 Å². The zero-order chi connectivity index (χ0) is 21.1. The van der Waals surface area contributed by atoms with E-state index in [4.69, 9.17) is 5.73 Å². The second kappa shape index (κ2) is 12.2. The first-order valence-corrected chi connectivity index (χ1v) is 8.95. The molecule has 0 fully saturated rings. The molecule has 3 amide bonds. The van der Waals surface area contributed by atoms with Crippen LogP contribution < -0.4 is 21.7 Å². The fourth-order valence-corrected chi connectivity index (χ4v) is 2.39. The maximum Gasteiger partial charge on any atom is 0.326 e. The molecule has 0 spiro atoms. The Hall–Kier alpha value is -2.20. The van der Waals surface area contributed by atoms with E-state index in [0.29, 0.717) is 0 Å². The summed E-state index contributed by atoms with van der Waals surface area (Å²) in [6.07, 6.45) is 0.504. The molecule has 0 aliphatic carbocycles. The number of aliphatic hydroxyl groups is 1. The van der Waals surface area contributed by atoms with Gasteiger partial charge in [0.25, 0.3) is 0 Å². The average Bonchev–Trinajstić information content (AvgIpc) is 2.56. The van der Waals surface area contributed by atoms with Gasteiger partial charge in [0.2, 0.25) is 17.7 Å². The summed E-state index contributed by atoms with van der Waals surface area (Å²) in [5, 5.41) is 25.7. The van der Waals surface area contributed by atoms with Crippen LogP contribution in [0.1, 0.15) is 40.5 Å². The van der Waals surface area contributed by atoms with Crippen LogP contribution in [0.25, 0.3) is 0 Å². The van der Waals surface area contributed by atoms with Crippen LogP contribution in [0.4, 0.5) is 0 Å². The molecule has 0 heterocycles. The highest BCUT2D eigenvalue weighted by Crippen LogP contribution is 2.09. The molecule has 0 rings (SSSR count). The molecule has 10 nitrogen and oxygen atoms in total. The van der Waals surface area contributed by atoms with Crippen LogP contribution in [0, 0.1) is 11.8 Å². The normalized spacial score (nSPS) is 14.4. The van der Waals surface area contributed by atoms with Crippen molar-refractivity contribution in [2.24, 2.45) is 17.6 Å². The van der Waals surface area contributed by atoms with E-state index in [9.17, 15) is 29.4 Å². The van der Waals surface area contributed by atoms with E-state index in [2.05, 4.69) is 16.0 Å². The Bertz CT molecular complexity index is 524. The highest BCUT2D eigenvalue weighted by atomic mass is 16.4. The Labute approximate surface area is 159 Å². The number of aliphatic hydroxyl groups excluding tert-OH is 1. The second-order valence-corrected chi connectivity index (χ2v) is 7.23. The van der Waals surface area contributed by atoms with Crippen LogP contribution in [-0.2, 0) is 19.2 Å². The number of carbonyl (C=O) groups excluding carboxylic acids is 3.